The molecule has 0 bridgehead atoms. The molecule has 0 aliphatic rings. The van der Waals surface area contributed by atoms with Crippen LogP contribution in [0.15, 0.2) is 28.7 Å². The zero-order valence-electron chi connectivity index (χ0n) is 10.8. The van der Waals surface area contributed by atoms with E-state index >= 15 is 0 Å². The number of rotatable bonds is 5. The molecule has 0 aromatic heterocycles. The number of amides is 2. The molecule has 0 spiro atoms. The summed E-state index contributed by atoms with van der Waals surface area (Å²) >= 11 is 3.31. The molecule has 106 valence electrons. The van der Waals surface area contributed by atoms with E-state index in [9.17, 15) is 13.2 Å². The molecule has 19 heavy (non-hydrogen) atoms. The third-order valence-electron chi connectivity index (χ3n) is 2.40. The molecule has 0 radical (unpaired) electrons. The van der Waals surface area contributed by atoms with Crippen molar-refractivity contribution in [2.45, 2.75) is 19.4 Å². The van der Waals surface area contributed by atoms with Crippen molar-refractivity contribution in [2.75, 3.05) is 17.3 Å². The maximum absolute atomic E-state index is 11.6. The highest BCUT2D eigenvalue weighted by Crippen LogP contribution is 2.13. The minimum Gasteiger partial charge on any atom is -0.335 e. The normalized spacial score (nSPS) is 12.8. The van der Waals surface area contributed by atoms with Crippen molar-refractivity contribution in [3.8, 4) is 0 Å². The van der Waals surface area contributed by atoms with Crippen molar-refractivity contribution < 1.29 is 13.2 Å². The van der Waals surface area contributed by atoms with E-state index in [4.69, 9.17) is 0 Å². The van der Waals surface area contributed by atoms with Gasteiger partial charge in [0.15, 0.2) is 0 Å². The van der Waals surface area contributed by atoms with Crippen LogP contribution in [-0.2, 0) is 9.84 Å². The summed E-state index contributed by atoms with van der Waals surface area (Å²) in [6.45, 7) is 1.77. The van der Waals surface area contributed by atoms with Crippen molar-refractivity contribution in [1.29, 1.82) is 0 Å². The van der Waals surface area contributed by atoms with E-state index in [1.165, 1.54) is 6.26 Å². The number of carbonyl (C=O) groups is 1. The first-order valence-corrected chi connectivity index (χ1v) is 8.62. The van der Waals surface area contributed by atoms with Crippen LogP contribution in [0.5, 0.6) is 0 Å². The molecule has 0 heterocycles. The molecule has 0 fully saturated rings. The number of hydrogen-bond donors (Lipinski definition) is 2. The van der Waals surface area contributed by atoms with Crippen LogP contribution in [0.3, 0.4) is 0 Å². The first kappa shape index (κ1) is 16.0. The molecule has 2 N–H and O–H groups in total. The zero-order valence-corrected chi connectivity index (χ0v) is 13.2. The van der Waals surface area contributed by atoms with E-state index in [2.05, 4.69) is 26.6 Å². The minimum absolute atomic E-state index is 0.0622. The molecule has 5 nitrogen and oxygen atoms in total. The fourth-order valence-corrected chi connectivity index (χ4v) is 2.43. The van der Waals surface area contributed by atoms with Crippen LogP contribution in [0.4, 0.5) is 10.5 Å². The number of urea groups is 1. The van der Waals surface area contributed by atoms with Gasteiger partial charge in [0.25, 0.3) is 0 Å². The second-order valence-electron chi connectivity index (χ2n) is 4.42. The fraction of sp³-hybridized carbons (Fsp3) is 0.417. The molecule has 1 rings (SSSR count). The van der Waals surface area contributed by atoms with Crippen molar-refractivity contribution in [3.05, 3.63) is 28.7 Å². The molecule has 0 aliphatic carbocycles. The van der Waals surface area contributed by atoms with Crippen LogP contribution in [0.1, 0.15) is 13.3 Å². The predicted octanol–water partition coefficient (Wildman–Crippen LogP) is 2.39. The lowest BCUT2D eigenvalue weighted by atomic mass is 10.3. The zero-order chi connectivity index (χ0) is 14.5. The number of benzene rings is 1. The standard InChI is InChI=1S/C12H17BrN2O3S/c1-9(7-8-19(2,17)18)14-12(16)15-11-5-3-10(13)4-6-11/h3-6,9H,7-8H2,1-2H3,(H2,14,15,16). The third-order valence-corrected chi connectivity index (χ3v) is 3.91. The van der Waals surface area contributed by atoms with Crippen LogP contribution in [-0.4, -0.2) is 32.5 Å². The SMILES string of the molecule is CC(CCS(C)(=O)=O)NC(=O)Nc1ccc(Br)cc1. The largest absolute Gasteiger partial charge is 0.335 e. The lowest BCUT2D eigenvalue weighted by molar-refractivity contribution is 0.249. The molecule has 1 aromatic rings. The summed E-state index contributed by atoms with van der Waals surface area (Å²) in [5, 5.41) is 5.37. The average molecular weight is 349 g/mol. The Labute approximate surface area is 121 Å². The quantitative estimate of drug-likeness (QED) is 0.857. The van der Waals surface area contributed by atoms with E-state index in [0.29, 0.717) is 12.1 Å². The van der Waals surface area contributed by atoms with Crippen LogP contribution < -0.4 is 10.6 Å². The van der Waals surface area contributed by atoms with Crippen LogP contribution >= 0.6 is 15.9 Å². The lowest BCUT2D eigenvalue weighted by Crippen LogP contribution is -2.37. The number of nitrogens with one attached hydrogen (secondary N) is 2. The molecule has 2 amide bonds. The summed E-state index contributed by atoms with van der Waals surface area (Å²) < 4.78 is 23.0. The van der Waals surface area contributed by atoms with Crippen molar-refractivity contribution in [1.82, 2.24) is 5.32 Å². The highest BCUT2D eigenvalue weighted by Gasteiger charge is 2.10. The second-order valence-corrected chi connectivity index (χ2v) is 7.60. The fourth-order valence-electron chi connectivity index (χ4n) is 1.39. The van der Waals surface area contributed by atoms with E-state index in [-0.39, 0.29) is 17.8 Å². The summed E-state index contributed by atoms with van der Waals surface area (Å²) in [5.74, 6) is 0.0622. The van der Waals surface area contributed by atoms with Gasteiger partial charge < -0.3 is 10.6 Å². The van der Waals surface area contributed by atoms with E-state index in [1.54, 1.807) is 19.1 Å². The first-order chi connectivity index (χ1) is 8.76. The van der Waals surface area contributed by atoms with Crippen LogP contribution in [0.2, 0.25) is 0 Å². The van der Waals surface area contributed by atoms with E-state index < -0.39 is 9.84 Å². The smallest absolute Gasteiger partial charge is 0.319 e. The molecule has 1 atom stereocenters. The Morgan fingerprint density at radius 2 is 1.89 bits per heavy atom. The Morgan fingerprint density at radius 1 is 1.32 bits per heavy atom. The summed E-state index contributed by atoms with van der Waals surface area (Å²) in [4.78, 5) is 11.6. The van der Waals surface area contributed by atoms with Gasteiger partial charge in [-0.15, -0.1) is 0 Å². The van der Waals surface area contributed by atoms with Gasteiger partial charge in [-0.2, -0.15) is 0 Å². The maximum Gasteiger partial charge on any atom is 0.319 e. The van der Waals surface area contributed by atoms with Crippen molar-refractivity contribution in [2.24, 2.45) is 0 Å². The highest BCUT2D eigenvalue weighted by molar-refractivity contribution is 9.10. The number of halogens is 1. The van der Waals surface area contributed by atoms with Gasteiger partial charge in [-0.25, -0.2) is 13.2 Å². The van der Waals surface area contributed by atoms with Gasteiger partial charge in [0.2, 0.25) is 0 Å². The van der Waals surface area contributed by atoms with Gasteiger partial charge in [-0.1, -0.05) is 15.9 Å². The molecule has 0 aliphatic heterocycles. The van der Waals surface area contributed by atoms with Gasteiger partial charge in [-0.05, 0) is 37.6 Å². The lowest BCUT2D eigenvalue weighted by Gasteiger charge is -2.14. The molecule has 1 unspecified atom stereocenters. The number of carbonyl (C=O) groups excluding carboxylic acids is 1. The average Bonchev–Trinajstić information content (AvgIpc) is 2.29. The Morgan fingerprint density at radius 3 is 2.42 bits per heavy atom. The Bertz CT molecular complexity index is 528. The monoisotopic (exact) mass is 348 g/mol. The summed E-state index contributed by atoms with van der Waals surface area (Å²) in [5.41, 5.74) is 0.677. The molecule has 0 saturated heterocycles. The number of anilines is 1. The van der Waals surface area contributed by atoms with Gasteiger partial charge in [0.1, 0.15) is 9.84 Å². The molecular weight excluding hydrogens is 332 g/mol. The Hall–Kier alpha value is -1.08. The van der Waals surface area contributed by atoms with E-state index in [0.717, 1.165) is 4.47 Å². The van der Waals surface area contributed by atoms with Gasteiger partial charge in [0, 0.05) is 22.5 Å². The predicted molar refractivity (Wildman–Crippen MR) is 80.1 cm³/mol. The van der Waals surface area contributed by atoms with Gasteiger partial charge in [-0.3, -0.25) is 0 Å². The topological polar surface area (TPSA) is 75.3 Å². The van der Waals surface area contributed by atoms with Crippen molar-refractivity contribution in [3.63, 3.8) is 0 Å². The third kappa shape index (κ3) is 7.17. The molecule has 1 aromatic carbocycles. The van der Waals surface area contributed by atoms with Gasteiger partial charge >= 0.3 is 6.03 Å². The minimum atomic E-state index is -3.00. The molecular formula is C12H17BrN2O3S. The molecule has 0 saturated carbocycles. The summed E-state index contributed by atoms with van der Waals surface area (Å²) in [6.07, 6.45) is 1.58. The highest BCUT2D eigenvalue weighted by atomic mass is 79.9. The molecule has 7 heteroatoms. The van der Waals surface area contributed by atoms with Crippen molar-refractivity contribution >= 4 is 37.5 Å². The van der Waals surface area contributed by atoms with Crippen LogP contribution in [0, 0.1) is 0 Å². The number of hydrogen-bond acceptors (Lipinski definition) is 3. The first-order valence-electron chi connectivity index (χ1n) is 5.77. The summed E-state index contributed by atoms with van der Waals surface area (Å²) in [6, 6.07) is 6.63. The number of sulfone groups is 1. The van der Waals surface area contributed by atoms with E-state index in [1.807, 2.05) is 12.1 Å². The second kappa shape index (κ2) is 6.91. The maximum atomic E-state index is 11.6. The summed E-state index contributed by atoms with van der Waals surface area (Å²) in [7, 11) is -3.00. The Balaban J connectivity index is 2.40. The van der Waals surface area contributed by atoms with Crippen LogP contribution in [0.25, 0.3) is 0 Å². The van der Waals surface area contributed by atoms with Gasteiger partial charge in [0.05, 0.1) is 5.75 Å². The Kier molecular flexibility index (Phi) is 5.81.